The van der Waals surface area contributed by atoms with Gasteiger partial charge in [-0.1, -0.05) is 6.92 Å². The number of aliphatic hydroxyl groups is 1. The van der Waals surface area contributed by atoms with Crippen LogP contribution in [0.5, 0.6) is 0 Å². The highest BCUT2D eigenvalue weighted by molar-refractivity contribution is 5.10. The van der Waals surface area contributed by atoms with Crippen molar-refractivity contribution in [3.63, 3.8) is 0 Å². The van der Waals surface area contributed by atoms with Gasteiger partial charge in [0.05, 0.1) is 6.20 Å². The maximum Gasteiger partial charge on any atom is 0.0537 e. The van der Waals surface area contributed by atoms with Gasteiger partial charge in [0.2, 0.25) is 0 Å². The summed E-state index contributed by atoms with van der Waals surface area (Å²) in [7, 11) is 1.90. The highest BCUT2D eigenvalue weighted by Crippen LogP contribution is 2.14. The summed E-state index contributed by atoms with van der Waals surface area (Å²) in [5.74, 6) is 0. The predicted octanol–water partition coefficient (Wildman–Crippen LogP) is 0.843. The van der Waals surface area contributed by atoms with E-state index in [-0.39, 0.29) is 12.6 Å². The van der Waals surface area contributed by atoms with Crippen molar-refractivity contribution in [1.82, 2.24) is 15.1 Å². The molecule has 0 saturated heterocycles. The van der Waals surface area contributed by atoms with Crippen LogP contribution in [0, 0.1) is 0 Å². The Bertz CT molecular complexity index is 260. The fourth-order valence-corrected chi connectivity index (χ4v) is 1.45. The van der Waals surface area contributed by atoms with Gasteiger partial charge in [0, 0.05) is 31.5 Å². The molecule has 0 radical (unpaired) electrons. The van der Waals surface area contributed by atoms with Crippen LogP contribution in [0.2, 0.25) is 0 Å². The Hall–Kier alpha value is -0.870. The SMILES string of the molecule is CCCNC(CCO)c1cnn(C)c1. The second-order valence-electron chi connectivity index (χ2n) is 3.47. The van der Waals surface area contributed by atoms with Gasteiger partial charge in [0.15, 0.2) is 0 Å². The van der Waals surface area contributed by atoms with Crippen LogP contribution >= 0.6 is 0 Å². The van der Waals surface area contributed by atoms with Crippen LogP contribution < -0.4 is 5.32 Å². The molecule has 1 unspecified atom stereocenters. The number of hydrogen-bond donors (Lipinski definition) is 2. The third-order valence-corrected chi connectivity index (χ3v) is 2.19. The summed E-state index contributed by atoms with van der Waals surface area (Å²) in [6, 6.07) is 0.230. The minimum atomic E-state index is 0.205. The van der Waals surface area contributed by atoms with E-state index >= 15 is 0 Å². The molecule has 0 aliphatic heterocycles. The number of aliphatic hydroxyl groups excluding tert-OH is 1. The van der Waals surface area contributed by atoms with E-state index < -0.39 is 0 Å². The van der Waals surface area contributed by atoms with E-state index in [1.807, 2.05) is 19.4 Å². The highest BCUT2D eigenvalue weighted by atomic mass is 16.3. The quantitative estimate of drug-likeness (QED) is 0.710. The van der Waals surface area contributed by atoms with Gasteiger partial charge in [-0.2, -0.15) is 5.10 Å². The van der Waals surface area contributed by atoms with Gasteiger partial charge in [-0.3, -0.25) is 4.68 Å². The average Bonchev–Trinajstić information content (AvgIpc) is 2.59. The van der Waals surface area contributed by atoms with Crippen molar-refractivity contribution < 1.29 is 5.11 Å². The summed E-state index contributed by atoms with van der Waals surface area (Å²) >= 11 is 0. The van der Waals surface area contributed by atoms with Crippen molar-refractivity contribution in [1.29, 1.82) is 0 Å². The fourth-order valence-electron chi connectivity index (χ4n) is 1.45. The Balaban J connectivity index is 2.57. The highest BCUT2D eigenvalue weighted by Gasteiger charge is 2.11. The van der Waals surface area contributed by atoms with Gasteiger partial charge in [0.1, 0.15) is 0 Å². The Kier molecular flexibility index (Phi) is 4.62. The molecule has 0 bridgehead atoms. The lowest BCUT2D eigenvalue weighted by Crippen LogP contribution is -2.22. The largest absolute Gasteiger partial charge is 0.396 e. The first-order valence-corrected chi connectivity index (χ1v) is 5.10. The standard InChI is InChI=1S/C10H19N3O/c1-3-5-11-10(4-6-14)9-7-12-13(2)8-9/h7-8,10-11,14H,3-6H2,1-2H3. The van der Waals surface area contributed by atoms with Gasteiger partial charge in [-0.25, -0.2) is 0 Å². The van der Waals surface area contributed by atoms with Crippen LogP contribution in [-0.4, -0.2) is 28.0 Å². The maximum absolute atomic E-state index is 8.94. The first kappa shape index (κ1) is 11.2. The zero-order valence-corrected chi connectivity index (χ0v) is 8.90. The average molecular weight is 197 g/mol. The third-order valence-electron chi connectivity index (χ3n) is 2.19. The number of rotatable bonds is 6. The summed E-state index contributed by atoms with van der Waals surface area (Å²) in [4.78, 5) is 0. The summed E-state index contributed by atoms with van der Waals surface area (Å²) in [6.07, 6.45) is 5.68. The van der Waals surface area contributed by atoms with Crippen molar-refractivity contribution in [3.05, 3.63) is 18.0 Å². The van der Waals surface area contributed by atoms with Gasteiger partial charge < -0.3 is 10.4 Å². The molecule has 0 fully saturated rings. The second-order valence-corrected chi connectivity index (χ2v) is 3.47. The molecule has 4 nitrogen and oxygen atoms in total. The molecule has 1 atom stereocenters. The molecule has 1 aromatic rings. The van der Waals surface area contributed by atoms with Gasteiger partial charge in [0.25, 0.3) is 0 Å². The number of hydrogen-bond acceptors (Lipinski definition) is 3. The predicted molar refractivity (Wildman–Crippen MR) is 55.9 cm³/mol. The zero-order valence-electron chi connectivity index (χ0n) is 8.90. The first-order valence-electron chi connectivity index (χ1n) is 5.10. The van der Waals surface area contributed by atoms with Crippen molar-refractivity contribution in [2.75, 3.05) is 13.2 Å². The lowest BCUT2D eigenvalue weighted by atomic mass is 10.1. The zero-order chi connectivity index (χ0) is 10.4. The normalized spacial score (nSPS) is 13.1. The van der Waals surface area contributed by atoms with E-state index in [2.05, 4.69) is 17.3 Å². The summed E-state index contributed by atoms with van der Waals surface area (Å²) in [5.41, 5.74) is 1.15. The molecular formula is C10H19N3O. The van der Waals surface area contributed by atoms with Crippen molar-refractivity contribution >= 4 is 0 Å². The van der Waals surface area contributed by atoms with Crippen molar-refractivity contribution in [3.8, 4) is 0 Å². The molecule has 1 heterocycles. The second kappa shape index (κ2) is 5.78. The molecule has 1 rings (SSSR count). The van der Waals surface area contributed by atoms with Crippen LogP contribution in [0.15, 0.2) is 12.4 Å². The molecular weight excluding hydrogens is 178 g/mol. The molecule has 1 aromatic heterocycles. The van der Waals surface area contributed by atoms with E-state index in [4.69, 9.17) is 5.11 Å². The molecule has 0 aliphatic carbocycles. The van der Waals surface area contributed by atoms with Crippen LogP contribution in [0.1, 0.15) is 31.4 Å². The third kappa shape index (κ3) is 3.12. The van der Waals surface area contributed by atoms with Crippen LogP contribution in [-0.2, 0) is 7.05 Å². The Morgan fingerprint density at radius 2 is 2.43 bits per heavy atom. The molecule has 0 amide bonds. The van der Waals surface area contributed by atoms with E-state index in [0.717, 1.165) is 24.9 Å². The molecule has 80 valence electrons. The molecule has 0 spiro atoms. The van der Waals surface area contributed by atoms with Crippen LogP contribution in [0.25, 0.3) is 0 Å². The van der Waals surface area contributed by atoms with E-state index in [9.17, 15) is 0 Å². The lowest BCUT2D eigenvalue weighted by Gasteiger charge is -2.15. The van der Waals surface area contributed by atoms with Crippen LogP contribution in [0.4, 0.5) is 0 Å². The minimum absolute atomic E-state index is 0.205. The smallest absolute Gasteiger partial charge is 0.0537 e. The Morgan fingerprint density at radius 1 is 1.64 bits per heavy atom. The molecule has 0 aliphatic rings. The molecule has 0 aromatic carbocycles. The van der Waals surface area contributed by atoms with E-state index in [0.29, 0.717) is 0 Å². The van der Waals surface area contributed by atoms with Crippen molar-refractivity contribution in [2.45, 2.75) is 25.8 Å². The monoisotopic (exact) mass is 197 g/mol. The van der Waals surface area contributed by atoms with Crippen LogP contribution in [0.3, 0.4) is 0 Å². The van der Waals surface area contributed by atoms with Crippen molar-refractivity contribution in [2.24, 2.45) is 7.05 Å². The fraction of sp³-hybridized carbons (Fsp3) is 0.700. The Morgan fingerprint density at radius 3 is 2.93 bits per heavy atom. The lowest BCUT2D eigenvalue weighted by molar-refractivity contribution is 0.265. The minimum Gasteiger partial charge on any atom is -0.396 e. The molecule has 4 heteroatoms. The van der Waals surface area contributed by atoms with Gasteiger partial charge >= 0.3 is 0 Å². The summed E-state index contributed by atoms with van der Waals surface area (Å²) in [6.45, 7) is 3.31. The number of aromatic nitrogens is 2. The number of aryl methyl sites for hydroxylation is 1. The van der Waals surface area contributed by atoms with Gasteiger partial charge in [-0.05, 0) is 19.4 Å². The van der Waals surface area contributed by atoms with Gasteiger partial charge in [-0.15, -0.1) is 0 Å². The summed E-state index contributed by atoms with van der Waals surface area (Å²) in [5, 5.41) is 16.4. The maximum atomic E-state index is 8.94. The number of nitrogens with one attached hydrogen (secondary N) is 1. The molecule has 2 N–H and O–H groups in total. The Labute approximate surface area is 84.9 Å². The van der Waals surface area contributed by atoms with E-state index in [1.54, 1.807) is 4.68 Å². The summed E-state index contributed by atoms with van der Waals surface area (Å²) < 4.78 is 1.79. The first-order chi connectivity index (χ1) is 6.77. The molecule has 14 heavy (non-hydrogen) atoms. The molecule has 0 saturated carbocycles. The van der Waals surface area contributed by atoms with E-state index in [1.165, 1.54) is 0 Å². The topological polar surface area (TPSA) is 50.1 Å². The number of nitrogens with zero attached hydrogens (tertiary/aromatic N) is 2.